The van der Waals surface area contributed by atoms with Gasteiger partial charge in [0.15, 0.2) is 6.10 Å². The molecule has 241 valence electrons. The third kappa shape index (κ3) is 9.18. The van der Waals surface area contributed by atoms with Crippen LogP contribution in [0.25, 0.3) is 11.3 Å². The molecule has 3 aromatic rings. The summed E-state index contributed by atoms with van der Waals surface area (Å²) in [6.07, 6.45) is 0.615. The molecule has 0 saturated heterocycles. The minimum absolute atomic E-state index is 0. The molecule has 1 aliphatic heterocycles. The lowest BCUT2D eigenvalue weighted by atomic mass is 9.81. The number of amides is 1. The van der Waals surface area contributed by atoms with E-state index < -0.39 is 35.4 Å². The molecule has 15 heteroatoms. The lowest BCUT2D eigenvalue weighted by Gasteiger charge is -2.33. The maximum atomic E-state index is 15.2. The first-order valence-corrected chi connectivity index (χ1v) is 14.6. The zero-order valence-corrected chi connectivity index (χ0v) is 27.4. The van der Waals surface area contributed by atoms with Crippen LogP contribution in [-0.2, 0) is 10.3 Å². The Hall–Kier alpha value is -3.67. The first kappa shape index (κ1) is 37.5. The van der Waals surface area contributed by atoms with Crippen LogP contribution in [0.15, 0.2) is 52.9 Å². The van der Waals surface area contributed by atoms with Crippen LogP contribution < -0.4 is 28.0 Å². The molecule has 2 heterocycles. The summed E-state index contributed by atoms with van der Waals surface area (Å²) >= 11 is 1.27. The number of hydrazone groups is 1. The summed E-state index contributed by atoms with van der Waals surface area (Å²) in [4.78, 5) is 21.1. The summed E-state index contributed by atoms with van der Waals surface area (Å²) in [6, 6.07) is 12.1. The van der Waals surface area contributed by atoms with E-state index in [1.54, 1.807) is 43.5 Å². The topological polar surface area (TPSA) is 137 Å². The number of hydrogen-bond donors (Lipinski definition) is 3. The number of aliphatic imine (C=N–C) groups is 1. The molecule has 2 aromatic carbocycles. The van der Waals surface area contributed by atoms with E-state index in [1.807, 2.05) is 14.0 Å². The van der Waals surface area contributed by atoms with Crippen LogP contribution in [0.2, 0.25) is 0 Å². The summed E-state index contributed by atoms with van der Waals surface area (Å²) in [5.41, 5.74) is -0.361. The zero-order chi connectivity index (χ0) is 31.1. The molecule has 4 rings (SSSR count). The van der Waals surface area contributed by atoms with Gasteiger partial charge in [0.2, 0.25) is 0 Å². The maximum Gasteiger partial charge on any atom is 0.407 e. The number of nitrogens with one attached hydrogen (secondary N) is 2. The number of aromatic nitrogens is 1. The first-order valence-electron chi connectivity index (χ1n) is 13.7. The fourth-order valence-electron chi connectivity index (χ4n) is 4.43. The Balaban J connectivity index is 0.00000353. The SMILES string of the molecule is CNC(C)CCNC(=O)OC(C)C1=NN(C[C@](O)(c2cc(F)ccc2F)[C@@H](C)c2nc(-c3ccc(C#N)cc3)cs2)C=[N+]1.Cl.[Cl-]. The fourth-order valence-corrected chi connectivity index (χ4v) is 5.40. The van der Waals surface area contributed by atoms with E-state index >= 15 is 4.39 Å². The number of thiazole rings is 1. The largest absolute Gasteiger partial charge is 1.00 e. The van der Waals surface area contributed by atoms with Gasteiger partial charge in [-0.05, 0) is 57.6 Å². The Morgan fingerprint density at radius 2 is 1.93 bits per heavy atom. The maximum absolute atomic E-state index is 15.2. The van der Waals surface area contributed by atoms with Crippen molar-refractivity contribution in [3.05, 3.63) is 75.6 Å². The molecule has 1 amide bonds. The molecule has 0 saturated carbocycles. The van der Waals surface area contributed by atoms with Crippen molar-refractivity contribution >= 4 is 42.0 Å². The van der Waals surface area contributed by atoms with E-state index in [-0.39, 0.29) is 48.8 Å². The highest BCUT2D eigenvalue weighted by molar-refractivity contribution is 7.10. The minimum Gasteiger partial charge on any atom is -1.00 e. The number of amidine groups is 1. The van der Waals surface area contributed by atoms with Gasteiger partial charge in [-0.15, -0.1) is 28.8 Å². The van der Waals surface area contributed by atoms with E-state index in [1.165, 1.54) is 22.7 Å². The first-order chi connectivity index (χ1) is 20.5. The minimum atomic E-state index is -2.00. The standard InChI is InChI=1S/C30H33F2N7O3S.2ClH/c1-18(34-4)11-12-35-29(40)42-20(3)27-36-17-39(38-27)16-30(41,24-13-23(31)9-10-25(24)32)19(2)28-37-26(15-43-28)22-7-5-21(14-33)6-8-22;;/h5-10,13,15,17-20,34,41H,11-12,16H2,1-4H3,(H,35,40);2*1H/q+1;;/p-1/t18?,19-,20?,30+;;/m0../s1. The summed E-state index contributed by atoms with van der Waals surface area (Å²) < 4.78 is 34.9. The zero-order valence-electron chi connectivity index (χ0n) is 25.0. The summed E-state index contributed by atoms with van der Waals surface area (Å²) in [6.45, 7) is 5.40. The highest BCUT2D eigenvalue weighted by Gasteiger charge is 2.46. The second-order valence-electron chi connectivity index (χ2n) is 10.3. The van der Waals surface area contributed by atoms with Crippen LogP contribution in [0.1, 0.15) is 49.2 Å². The monoisotopic (exact) mass is 680 g/mol. The Labute approximate surface area is 277 Å². The third-order valence-electron chi connectivity index (χ3n) is 7.26. The van der Waals surface area contributed by atoms with Crippen molar-refractivity contribution < 1.29 is 35.8 Å². The van der Waals surface area contributed by atoms with Crippen molar-refractivity contribution in [3.63, 3.8) is 0 Å². The number of nitrogens with zero attached hydrogens (tertiary/aromatic N) is 5. The van der Waals surface area contributed by atoms with E-state index in [4.69, 9.17) is 10.00 Å². The van der Waals surface area contributed by atoms with Gasteiger partial charge in [0.05, 0.1) is 22.3 Å². The number of halogens is 4. The normalized spacial score (nSPS) is 15.4. The number of β-amino-alcohol motifs (C(OH)–C–C–N with tert-alkyl or cyclic N) is 1. The molecule has 0 bridgehead atoms. The van der Waals surface area contributed by atoms with Crippen molar-refractivity contribution in [3.8, 4) is 17.3 Å². The van der Waals surface area contributed by atoms with Crippen LogP contribution in [-0.4, -0.2) is 65.6 Å². The van der Waals surface area contributed by atoms with Crippen molar-refractivity contribution in [1.29, 1.82) is 5.26 Å². The second-order valence-corrected chi connectivity index (χ2v) is 11.2. The Bertz CT molecular complexity index is 1550. The van der Waals surface area contributed by atoms with E-state index in [0.29, 0.717) is 29.2 Å². The van der Waals surface area contributed by atoms with Crippen molar-refractivity contribution in [2.24, 2.45) is 5.10 Å². The van der Waals surface area contributed by atoms with E-state index in [0.717, 1.165) is 23.8 Å². The highest BCUT2D eigenvalue weighted by Crippen LogP contribution is 2.41. The second kappa shape index (κ2) is 16.6. The van der Waals surface area contributed by atoms with Gasteiger partial charge in [-0.25, -0.2) is 18.6 Å². The molecule has 0 fully saturated rings. The fraction of sp³-hybridized carbons (Fsp3) is 0.367. The molecule has 2 unspecified atom stereocenters. The number of alkyl carbamates (subject to hydrolysis) is 1. The molecule has 3 N–H and O–H groups in total. The van der Waals surface area contributed by atoms with Crippen molar-refractivity contribution in [2.75, 3.05) is 20.1 Å². The van der Waals surface area contributed by atoms with E-state index in [2.05, 4.69) is 31.8 Å². The molecule has 10 nitrogen and oxygen atoms in total. The van der Waals surface area contributed by atoms with E-state index in [9.17, 15) is 14.3 Å². The van der Waals surface area contributed by atoms with Crippen LogP contribution in [0, 0.1) is 23.0 Å². The Kier molecular flexibility index (Phi) is 13.8. The number of carbonyl (C=O) groups excluding carboxylic acids is 1. The Morgan fingerprint density at radius 3 is 2.60 bits per heavy atom. The molecule has 45 heavy (non-hydrogen) atoms. The quantitative estimate of drug-likeness (QED) is 0.264. The average molecular weight is 682 g/mol. The van der Waals surface area contributed by atoms with Gasteiger partial charge in [0.25, 0.3) is 6.34 Å². The molecule has 0 aliphatic carbocycles. The molecule has 1 radical (unpaired) electrons. The number of nitriles is 1. The van der Waals surface area contributed by atoms with Gasteiger partial charge in [-0.3, -0.25) is 0 Å². The summed E-state index contributed by atoms with van der Waals surface area (Å²) in [7, 11) is 1.84. The van der Waals surface area contributed by atoms with Crippen LogP contribution in [0.4, 0.5) is 13.6 Å². The van der Waals surface area contributed by atoms with Gasteiger partial charge in [0, 0.05) is 40.1 Å². The molecule has 1 aromatic heterocycles. The van der Waals surface area contributed by atoms with Crippen LogP contribution >= 0.6 is 23.7 Å². The van der Waals surface area contributed by atoms with Gasteiger partial charge in [-0.2, -0.15) is 5.26 Å². The molecule has 1 aliphatic rings. The van der Waals surface area contributed by atoms with Crippen LogP contribution in [0.5, 0.6) is 0 Å². The van der Waals surface area contributed by atoms with Gasteiger partial charge >= 0.3 is 11.9 Å². The predicted octanol–water partition coefficient (Wildman–Crippen LogP) is 1.48. The van der Waals surface area contributed by atoms with Crippen molar-refractivity contribution in [2.45, 2.75) is 50.9 Å². The number of carbonyl (C=O) groups is 1. The van der Waals surface area contributed by atoms with Gasteiger partial charge < -0.3 is 32.9 Å². The highest BCUT2D eigenvalue weighted by atomic mass is 35.5. The lowest BCUT2D eigenvalue weighted by Crippen LogP contribution is -3.00. The average Bonchev–Trinajstić information content (AvgIpc) is 3.68. The smallest absolute Gasteiger partial charge is 0.407 e. The van der Waals surface area contributed by atoms with Gasteiger partial charge in [-0.1, -0.05) is 24.0 Å². The molecular weight excluding hydrogens is 647 g/mol. The van der Waals surface area contributed by atoms with Gasteiger partial charge in [0.1, 0.15) is 23.8 Å². The Morgan fingerprint density at radius 1 is 1.22 bits per heavy atom. The number of hydrogen-bond acceptors (Lipinski definition) is 10. The molecule has 4 atom stereocenters. The number of rotatable bonds is 12. The third-order valence-corrected chi connectivity index (χ3v) is 8.28. The number of benzene rings is 2. The summed E-state index contributed by atoms with van der Waals surface area (Å²) in [5, 5.41) is 34.9. The summed E-state index contributed by atoms with van der Waals surface area (Å²) in [5.74, 6) is -2.14. The molecular formula is C30H34Cl2F2N7O3S. The number of aliphatic hydroxyl groups is 1. The lowest BCUT2D eigenvalue weighted by molar-refractivity contribution is -0.00831. The van der Waals surface area contributed by atoms with Crippen molar-refractivity contribution in [1.82, 2.24) is 25.6 Å². The predicted molar refractivity (Wildman–Crippen MR) is 168 cm³/mol. The molecule has 0 spiro atoms. The number of ether oxygens (including phenoxy) is 1. The van der Waals surface area contributed by atoms with Crippen LogP contribution in [0.3, 0.4) is 0 Å².